The van der Waals surface area contributed by atoms with Crippen LogP contribution in [0, 0.1) is 18.3 Å². The van der Waals surface area contributed by atoms with E-state index in [2.05, 4.69) is 16.3 Å². The summed E-state index contributed by atoms with van der Waals surface area (Å²) in [5.74, 6) is -0.0284. The Balaban J connectivity index is 2.15. The zero-order valence-corrected chi connectivity index (χ0v) is 14.0. The third-order valence-electron chi connectivity index (χ3n) is 3.02. The number of carbonyl (C=O) groups is 1. The zero-order chi connectivity index (χ0) is 15.9. The van der Waals surface area contributed by atoms with Crippen LogP contribution in [-0.2, 0) is 4.79 Å². The molecular weight excluding hydrogens is 316 g/mol. The molecule has 1 aromatic carbocycles. The summed E-state index contributed by atoms with van der Waals surface area (Å²) in [5, 5.41) is 16.3. The predicted octanol–water partition coefficient (Wildman–Crippen LogP) is 3.27. The van der Waals surface area contributed by atoms with Gasteiger partial charge in [0.25, 0.3) is 0 Å². The number of amides is 1. The fraction of sp³-hybridized carbons (Fsp3) is 0.333. The van der Waals surface area contributed by atoms with Gasteiger partial charge in [0.15, 0.2) is 4.34 Å². The summed E-state index contributed by atoms with van der Waals surface area (Å²) in [7, 11) is 0. The monoisotopic (exact) mass is 332 g/mol. The van der Waals surface area contributed by atoms with Crippen molar-refractivity contribution in [3.05, 3.63) is 35.3 Å². The molecule has 0 spiro atoms. The van der Waals surface area contributed by atoms with E-state index in [4.69, 9.17) is 5.26 Å². The van der Waals surface area contributed by atoms with Gasteiger partial charge in [0.05, 0.1) is 17.7 Å². The Bertz CT molecular complexity index is 649. The summed E-state index contributed by atoms with van der Waals surface area (Å²) in [6.07, 6.45) is 0.301. The van der Waals surface area contributed by atoms with E-state index in [9.17, 15) is 4.79 Å². The highest BCUT2D eigenvalue weighted by atomic mass is 32.2. The van der Waals surface area contributed by atoms with Gasteiger partial charge in [0.2, 0.25) is 5.91 Å². The number of anilines is 1. The van der Waals surface area contributed by atoms with Crippen LogP contribution in [0.2, 0.25) is 0 Å². The van der Waals surface area contributed by atoms with Crippen molar-refractivity contribution in [3.63, 3.8) is 0 Å². The third kappa shape index (κ3) is 4.29. The van der Waals surface area contributed by atoms with Crippen molar-refractivity contribution in [1.82, 2.24) is 10.2 Å². The molecule has 0 aliphatic heterocycles. The molecule has 0 saturated carbocycles. The van der Waals surface area contributed by atoms with Crippen LogP contribution in [0.5, 0.6) is 0 Å². The second kappa shape index (κ2) is 7.92. The molecule has 1 aromatic heterocycles. The molecule has 0 fully saturated rings. The van der Waals surface area contributed by atoms with E-state index in [-0.39, 0.29) is 11.2 Å². The molecule has 0 N–H and O–H groups in total. The van der Waals surface area contributed by atoms with Crippen LogP contribution in [0.15, 0.2) is 34.1 Å². The summed E-state index contributed by atoms with van der Waals surface area (Å²) in [4.78, 5) is 14.4. The Morgan fingerprint density at radius 3 is 2.77 bits per heavy atom. The first kappa shape index (κ1) is 16.5. The molecule has 7 heteroatoms. The summed E-state index contributed by atoms with van der Waals surface area (Å²) in [5.41, 5.74) is 3.59. The van der Waals surface area contributed by atoms with Crippen molar-refractivity contribution in [2.45, 2.75) is 29.9 Å². The number of nitriles is 1. The summed E-state index contributed by atoms with van der Waals surface area (Å²) >= 11 is 2.80. The zero-order valence-electron chi connectivity index (χ0n) is 12.4. The van der Waals surface area contributed by atoms with Gasteiger partial charge in [0.1, 0.15) is 5.51 Å². The van der Waals surface area contributed by atoms with Crippen LogP contribution in [0.25, 0.3) is 0 Å². The molecular formula is C15H16N4OS2. The van der Waals surface area contributed by atoms with Crippen molar-refractivity contribution in [2.75, 3.05) is 11.4 Å². The molecule has 1 heterocycles. The smallest absolute Gasteiger partial charge is 0.240 e. The second-order valence-corrected chi connectivity index (χ2v) is 7.12. The van der Waals surface area contributed by atoms with Crippen molar-refractivity contribution < 1.29 is 4.79 Å². The lowest BCUT2D eigenvalue weighted by Crippen LogP contribution is -2.37. The minimum atomic E-state index is -0.284. The Hall–Kier alpha value is -1.91. The van der Waals surface area contributed by atoms with E-state index >= 15 is 0 Å². The number of rotatable bonds is 6. The number of carbonyl (C=O) groups excluding carboxylic acids is 1. The minimum Gasteiger partial charge on any atom is -0.310 e. The molecule has 2 rings (SSSR count). The second-order valence-electron chi connectivity index (χ2n) is 4.70. The normalized spacial score (nSPS) is 11.7. The Morgan fingerprint density at radius 2 is 2.18 bits per heavy atom. The lowest BCUT2D eigenvalue weighted by atomic mass is 10.2. The Labute approximate surface area is 138 Å². The van der Waals surface area contributed by atoms with Gasteiger partial charge < -0.3 is 4.90 Å². The molecule has 0 bridgehead atoms. The maximum atomic E-state index is 12.7. The fourth-order valence-electron chi connectivity index (χ4n) is 1.89. The number of hydrogen-bond acceptors (Lipinski definition) is 6. The van der Waals surface area contributed by atoms with Gasteiger partial charge in [-0.15, -0.1) is 10.2 Å². The molecule has 1 unspecified atom stereocenters. The maximum absolute atomic E-state index is 12.7. The van der Waals surface area contributed by atoms with E-state index < -0.39 is 0 Å². The van der Waals surface area contributed by atoms with Gasteiger partial charge in [-0.2, -0.15) is 5.26 Å². The molecule has 1 atom stereocenters. The van der Waals surface area contributed by atoms with Crippen LogP contribution in [0.3, 0.4) is 0 Å². The first-order valence-corrected chi connectivity index (χ1v) is 8.55. The number of thioether (sulfide) groups is 1. The van der Waals surface area contributed by atoms with Crippen molar-refractivity contribution >= 4 is 34.7 Å². The summed E-state index contributed by atoms with van der Waals surface area (Å²) < 4.78 is 0.769. The SMILES string of the molecule is Cc1ccc(N(CCC#N)C(=O)C(C)Sc2nncs2)cc1. The minimum absolute atomic E-state index is 0.0284. The highest BCUT2D eigenvalue weighted by Crippen LogP contribution is 2.27. The lowest BCUT2D eigenvalue weighted by Gasteiger charge is -2.24. The average Bonchev–Trinajstić information content (AvgIpc) is 3.02. The lowest BCUT2D eigenvalue weighted by molar-refractivity contribution is -0.117. The molecule has 1 amide bonds. The molecule has 0 aliphatic carbocycles. The summed E-state index contributed by atoms with van der Waals surface area (Å²) in [6.45, 7) is 4.24. The maximum Gasteiger partial charge on any atom is 0.240 e. The molecule has 0 radical (unpaired) electrons. The predicted molar refractivity (Wildman–Crippen MR) is 89.0 cm³/mol. The molecule has 114 valence electrons. The first-order chi connectivity index (χ1) is 10.6. The number of aryl methyl sites for hydroxylation is 1. The van der Waals surface area contributed by atoms with Crippen molar-refractivity contribution in [3.8, 4) is 6.07 Å². The number of aromatic nitrogens is 2. The van der Waals surface area contributed by atoms with Gasteiger partial charge >= 0.3 is 0 Å². The Kier molecular flexibility index (Phi) is 5.92. The molecule has 22 heavy (non-hydrogen) atoms. The van der Waals surface area contributed by atoms with E-state index in [0.717, 1.165) is 15.6 Å². The van der Waals surface area contributed by atoms with Gasteiger partial charge in [-0.25, -0.2) is 0 Å². The molecule has 5 nitrogen and oxygen atoms in total. The van der Waals surface area contributed by atoms with Crippen LogP contribution in [-0.4, -0.2) is 27.9 Å². The van der Waals surface area contributed by atoms with E-state index in [0.29, 0.717) is 13.0 Å². The highest BCUT2D eigenvalue weighted by molar-refractivity contribution is 8.02. The van der Waals surface area contributed by atoms with Crippen LogP contribution in [0.1, 0.15) is 18.9 Å². The van der Waals surface area contributed by atoms with Gasteiger partial charge in [-0.1, -0.05) is 40.8 Å². The molecule has 0 saturated heterocycles. The first-order valence-electron chi connectivity index (χ1n) is 6.79. The fourth-order valence-corrected chi connectivity index (χ4v) is 3.58. The Morgan fingerprint density at radius 1 is 1.45 bits per heavy atom. The largest absolute Gasteiger partial charge is 0.310 e. The topological polar surface area (TPSA) is 69.9 Å². The third-order valence-corrected chi connectivity index (χ3v) is 4.92. The van der Waals surface area contributed by atoms with Crippen molar-refractivity contribution in [1.29, 1.82) is 5.26 Å². The highest BCUT2D eigenvalue weighted by Gasteiger charge is 2.23. The summed E-state index contributed by atoms with van der Waals surface area (Å²) in [6, 6.07) is 9.84. The van der Waals surface area contributed by atoms with Crippen molar-refractivity contribution in [2.24, 2.45) is 0 Å². The number of hydrogen-bond donors (Lipinski definition) is 0. The van der Waals surface area contributed by atoms with Gasteiger partial charge in [-0.3, -0.25) is 4.79 Å². The number of nitrogens with zero attached hydrogens (tertiary/aromatic N) is 4. The average molecular weight is 332 g/mol. The molecule has 0 aliphatic rings. The van der Waals surface area contributed by atoms with Crippen LogP contribution >= 0.6 is 23.1 Å². The standard InChI is InChI=1S/C15H16N4OS2/c1-11-4-6-13(7-5-11)19(9-3-8-16)14(20)12(2)22-15-18-17-10-21-15/h4-7,10,12H,3,9H2,1-2H3. The quantitative estimate of drug-likeness (QED) is 0.759. The van der Waals surface area contributed by atoms with E-state index in [1.807, 2.05) is 38.1 Å². The number of benzene rings is 1. The van der Waals surface area contributed by atoms with E-state index in [1.54, 1.807) is 10.4 Å². The molecule has 2 aromatic rings. The van der Waals surface area contributed by atoms with Crippen LogP contribution in [0.4, 0.5) is 5.69 Å². The van der Waals surface area contributed by atoms with Gasteiger partial charge in [-0.05, 0) is 26.0 Å². The van der Waals surface area contributed by atoms with E-state index in [1.165, 1.54) is 23.1 Å². The van der Waals surface area contributed by atoms with Gasteiger partial charge in [0, 0.05) is 12.2 Å². The van der Waals surface area contributed by atoms with Crippen LogP contribution < -0.4 is 4.90 Å².